The van der Waals surface area contributed by atoms with E-state index in [1.54, 1.807) is 24.3 Å². The van der Waals surface area contributed by atoms with Gasteiger partial charge in [0.2, 0.25) is 5.91 Å². The summed E-state index contributed by atoms with van der Waals surface area (Å²) < 4.78 is 37.0. The van der Waals surface area contributed by atoms with E-state index < -0.39 is 24.7 Å². The molecule has 20 heavy (non-hydrogen) atoms. The van der Waals surface area contributed by atoms with Gasteiger partial charge in [0.15, 0.2) is 0 Å². The predicted molar refractivity (Wildman–Crippen MR) is 66.7 cm³/mol. The van der Waals surface area contributed by atoms with E-state index in [1.165, 1.54) is 0 Å². The number of aromatic nitrogens is 1. The lowest BCUT2D eigenvalue weighted by Gasteiger charge is -2.24. The SMILES string of the molecule is CN(Cc1ccncc1)[C@H]1CCN(CC(F)(F)F)C1=O. The highest BCUT2D eigenvalue weighted by atomic mass is 19.4. The summed E-state index contributed by atoms with van der Waals surface area (Å²) in [6.07, 6.45) is -0.615. The van der Waals surface area contributed by atoms with E-state index in [1.807, 2.05) is 12.1 Å². The lowest BCUT2D eigenvalue weighted by Crippen LogP contribution is -2.42. The van der Waals surface area contributed by atoms with Crippen molar-refractivity contribution in [1.82, 2.24) is 14.8 Å². The fraction of sp³-hybridized carbons (Fsp3) is 0.538. The van der Waals surface area contributed by atoms with Gasteiger partial charge in [0.25, 0.3) is 0 Å². The number of hydrogen-bond donors (Lipinski definition) is 0. The Morgan fingerprint density at radius 3 is 2.65 bits per heavy atom. The van der Waals surface area contributed by atoms with Crippen LogP contribution in [-0.4, -0.2) is 53.0 Å². The van der Waals surface area contributed by atoms with Gasteiger partial charge in [-0.3, -0.25) is 14.7 Å². The molecule has 1 aromatic heterocycles. The summed E-state index contributed by atoms with van der Waals surface area (Å²) in [6.45, 7) is -0.492. The lowest BCUT2D eigenvalue weighted by molar-refractivity contribution is -0.159. The first-order valence-corrected chi connectivity index (χ1v) is 6.31. The summed E-state index contributed by atoms with van der Waals surface area (Å²) in [5.74, 6) is -0.445. The van der Waals surface area contributed by atoms with E-state index in [0.29, 0.717) is 13.0 Å². The minimum absolute atomic E-state index is 0.156. The highest BCUT2D eigenvalue weighted by molar-refractivity contribution is 5.84. The van der Waals surface area contributed by atoms with Crippen molar-refractivity contribution in [2.75, 3.05) is 20.1 Å². The summed E-state index contributed by atoms with van der Waals surface area (Å²) in [7, 11) is 1.75. The Hall–Kier alpha value is -1.63. The number of alkyl halides is 3. The van der Waals surface area contributed by atoms with Crippen LogP contribution in [0.2, 0.25) is 0 Å². The Kier molecular flexibility index (Phi) is 4.27. The molecule has 0 aromatic carbocycles. The zero-order chi connectivity index (χ0) is 14.8. The smallest absolute Gasteiger partial charge is 0.332 e. The molecule has 110 valence electrons. The molecule has 0 radical (unpaired) electrons. The van der Waals surface area contributed by atoms with Crippen LogP contribution in [0.5, 0.6) is 0 Å². The Bertz CT molecular complexity index is 464. The summed E-state index contributed by atoms with van der Waals surface area (Å²) in [5, 5.41) is 0. The van der Waals surface area contributed by atoms with Crippen LogP contribution in [0.15, 0.2) is 24.5 Å². The number of amides is 1. The minimum Gasteiger partial charge on any atom is -0.332 e. The Labute approximate surface area is 115 Å². The monoisotopic (exact) mass is 287 g/mol. The van der Waals surface area contributed by atoms with Gasteiger partial charge in [-0.25, -0.2) is 0 Å². The summed E-state index contributed by atoms with van der Waals surface area (Å²) in [5.41, 5.74) is 0.976. The molecule has 1 atom stereocenters. The summed E-state index contributed by atoms with van der Waals surface area (Å²) >= 11 is 0. The van der Waals surface area contributed by atoms with Gasteiger partial charge in [-0.1, -0.05) is 0 Å². The number of rotatable bonds is 4. The molecule has 0 saturated carbocycles. The Morgan fingerprint density at radius 1 is 1.40 bits per heavy atom. The molecule has 1 amide bonds. The maximum Gasteiger partial charge on any atom is 0.406 e. The average Bonchev–Trinajstić information content (AvgIpc) is 2.70. The van der Waals surface area contributed by atoms with Crippen LogP contribution >= 0.6 is 0 Å². The predicted octanol–water partition coefficient (Wildman–Crippen LogP) is 1.68. The number of likely N-dealkylation sites (N-methyl/N-ethyl adjacent to an activating group) is 1. The molecule has 1 fully saturated rings. The summed E-state index contributed by atoms with van der Waals surface area (Å²) in [4.78, 5) is 18.6. The van der Waals surface area contributed by atoms with Crippen molar-refractivity contribution in [2.45, 2.75) is 25.2 Å². The Morgan fingerprint density at radius 2 is 2.05 bits per heavy atom. The first kappa shape index (κ1) is 14.8. The van der Waals surface area contributed by atoms with Gasteiger partial charge < -0.3 is 4.90 Å². The van der Waals surface area contributed by atoms with Crippen LogP contribution in [-0.2, 0) is 11.3 Å². The van der Waals surface area contributed by atoms with Crippen LogP contribution in [0, 0.1) is 0 Å². The van der Waals surface area contributed by atoms with Crippen molar-refractivity contribution in [3.05, 3.63) is 30.1 Å². The van der Waals surface area contributed by atoms with Gasteiger partial charge in [-0.2, -0.15) is 13.2 Å². The lowest BCUT2D eigenvalue weighted by atomic mass is 10.2. The molecule has 0 spiro atoms. The van der Waals surface area contributed by atoms with Gasteiger partial charge in [-0.05, 0) is 31.2 Å². The van der Waals surface area contributed by atoms with Gasteiger partial charge >= 0.3 is 6.18 Å². The van der Waals surface area contributed by atoms with Crippen molar-refractivity contribution < 1.29 is 18.0 Å². The van der Waals surface area contributed by atoms with E-state index in [2.05, 4.69) is 4.98 Å². The number of hydrogen-bond acceptors (Lipinski definition) is 3. The van der Waals surface area contributed by atoms with E-state index in [-0.39, 0.29) is 6.54 Å². The largest absolute Gasteiger partial charge is 0.406 e. The van der Waals surface area contributed by atoms with Crippen LogP contribution < -0.4 is 0 Å². The number of carbonyl (C=O) groups is 1. The molecule has 0 aliphatic carbocycles. The normalized spacial score (nSPS) is 19.9. The molecular weight excluding hydrogens is 271 g/mol. The number of halogens is 3. The second-order valence-corrected chi connectivity index (χ2v) is 4.95. The summed E-state index contributed by atoms with van der Waals surface area (Å²) in [6, 6.07) is 3.16. The van der Waals surface area contributed by atoms with Crippen molar-refractivity contribution in [1.29, 1.82) is 0 Å². The van der Waals surface area contributed by atoms with Crippen LogP contribution in [0.1, 0.15) is 12.0 Å². The molecule has 2 rings (SSSR count). The maximum atomic E-state index is 12.3. The molecule has 0 unspecified atom stereocenters. The first-order chi connectivity index (χ1) is 9.37. The molecular formula is C13H16F3N3O. The van der Waals surface area contributed by atoms with Gasteiger partial charge in [-0.15, -0.1) is 0 Å². The first-order valence-electron chi connectivity index (χ1n) is 6.31. The maximum absolute atomic E-state index is 12.3. The van der Waals surface area contributed by atoms with Crippen molar-refractivity contribution in [2.24, 2.45) is 0 Å². The van der Waals surface area contributed by atoms with Crippen molar-refractivity contribution >= 4 is 5.91 Å². The number of pyridine rings is 1. The standard InChI is InChI=1S/C13H16F3N3O/c1-18(8-10-2-5-17-6-3-10)11-4-7-19(12(11)20)9-13(14,15)16/h2-3,5-6,11H,4,7-9H2,1H3/t11-/m0/s1. The van der Waals surface area contributed by atoms with Gasteiger partial charge in [0, 0.05) is 25.5 Å². The van der Waals surface area contributed by atoms with Crippen molar-refractivity contribution in [3.63, 3.8) is 0 Å². The van der Waals surface area contributed by atoms with Gasteiger partial charge in [0.05, 0.1) is 6.04 Å². The molecule has 1 aliphatic rings. The third-order valence-electron chi connectivity index (χ3n) is 3.35. The van der Waals surface area contributed by atoms with Crippen LogP contribution in [0.4, 0.5) is 13.2 Å². The molecule has 0 N–H and O–H groups in total. The average molecular weight is 287 g/mol. The molecule has 7 heteroatoms. The van der Waals surface area contributed by atoms with E-state index in [4.69, 9.17) is 0 Å². The molecule has 0 bridgehead atoms. The zero-order valence-corrected chi connectivity index (χ0v) is 11.1. The quantitative estimate of drug-likeness (QED) is 0.845. The Balaban J connectivity index is 1.95. The number of carbonyl (C=O) groups excluding carboxylic acids is 1. The van der Waals surface area contributed by atoms with E-state index in [9.17, 15) is 18.0 Å². The van der Waals surface area contributed by atoms with Crippen molar-refractivity contribution in [3.8, 4) is 0 Å². The third-order valence-corrected chi connectivity index (χ3v) is 3.35. The molecule has 2 heterocycles. The second-order valence-electron chi connectivity index (χ2n) is 4.95. The molecule has 1 aliphatic heterocycles. The zero-order valence-electron chi connectivity index (χ0n) is 11.1. The highest BCUT2D eigenvalue weighted by Crippen LogP contribution is 2.23. The highest BCUT2D eigenvalue weighted by Gasteiger charge is 2.40. The van der Waals surface area contributed by atoms with Gasteiger partial charge in [0.1, 0.15) is 6.54 Å². The minimum atomic E-state index is -4.34. The fourth-order valence-electron chi connectivity index (χ4n) is 2.39. The second kappa shape index (κ2) is 5.78. The third kappa shape index (κ3) is 3.69. The van der Waals surface area contributed by atoms with E-state index >= 15 is 0 Å². The molecule has 1 aromatic rings. The molecule has 1 saturated heterocycles. The topological polar surface area (TPSA) is 36.4 Å². The van der Waals surface area contributed by atoms with Crippen LogP contribution in [0.25, 0.3) is 0 Å². The number of likely N-dealkylation sites (tertiary alicyclic amines) is 1. The molecule has 4 nitrogen and oxygen atoms in total. The van der Waals surface area contributed by atoms with Crippen LogP contribution in [0.3, 0.4) is 0 Å². The fourth-order valence-corrected chi connectivity index (χ4v) is 2.39. The number of nitrogens with zero attached hydrogens (tertiary/aromatic N) is 3. The van der Waals surface area contributed by atoms with E-state index in [0.717, 1.165) is 10.5 Å².